The van der Waals surface area contributed by atoms with E-state index >= 15 is 0 Å². The van der Waals surface area contributed by atoms with Crippen LogP contribution in [0.1, 0.15) is 18.2 Å². The highest BCUT2D eigenvalue weighted by Crippen LogP contribution is 2.14. The molecule has 0 amide bonds. The highest BCUT2D eigenvalue weighted by Gasteiger charge is 2.01. The largest absolute Gasteiger partial charge is 0.467 e. The van der Waals surface area contributed by atoms with Gasteiger partial charge in [-0.1, -0.05) is 29.8 Å². The van der Waals surface area contributed by atoms with E-state index in [0.29, 0.717) is 6.54 Å². The van der Waals surface area contributed by atoms with Crippen LogP contribution in [0.15, 0.2) is 52.1 Å². The lowest BCUT2D eigenvalue weighted by molar-refractivity contribution is 0.512. The van der Waals surface area contributed by atoms with Crippen LogP contribution in [0.4, 0.5) is 0 Å². The Morgan fingerprint density at radius 1 is 1.18 bits per heavy atom. The number of hydrogen-bond donors (Lipinski definition) is 2. The summed E-state index contributed by atoms with van der Waals surface area (Å²) in [7, 11) is 0. The minimum absolute atomic E-state index is 0. The average Bonchev–Trinajstić information content (AvgIpc) is 3.00. The first kappa shape index (κ1) is 18.8. The summed E-state index contributed by atoms with van der Waals surface area (Å²) in [6.45, 7) is 4.15. The van der Waals surface area contributed by atoms with Crippen molar-refractivity contribution in [2.75, 3.05) is 13.1 Å². The number of aliphatic imine (C=N–C) groups is 1. The maximum atomic E-state index is 6.14. The lowest BCUT2D eigenvalue weighted by atomic mass is 10.1. The van der Waals surface area contributed by atoms with E-state index in [1.54, 1.807) is 6.26 Å². The number of rotatable bonds is 6. The highest BCUT2D eigenvalue weighted by atomic mass is 127. The Bertz CT molecular complexity index is 573. The van der Waals surface area contributed by atoms with Crippen molar-refractivity contribution in [2.45, 2.75) is 19.9 Å². The number of nitrogens with zero attached hydrogens (tertiary/aromatic N) is 1. The second kappa shape index (κ2) is 10.5. The molecule has 22 heavy (non-hydrogen) atoms. The number of nitrogens with one attached hydrogen (secondary N) is 2. The highest BCUT2D eigenvalue weighted by molar-refractivity contribution is 14.0. The molecule has 2 rings (SSSR count). The molecule has 6 heteroatoms. The van der Waals surface area contributed by atoms with Crippen molar-refractivity contribution >= 4 is 41.5 Å². The maximum Gasteiger partial charge on any atom is 0.191 e. The second-order valence-corrected chi connectivity index (χ2v) is 4.95. The third-order valence-electron chi connectivity index (χ3n) is 2.96. The van der Waals surface area contributed by atoms with Crippen LogP contribution in [0.25, 0.3) is 0 Å². The van der Waals surface area contributed by atoms with Crippen molar-refractivity contribution in [2.24, 2.45) is 4.99 Å². The van der Waals surface area contributed by atoms with Gasteiger partial charge in [0.05, 0.1) is 6.26 Å². The zero-order valence-corrected chi connectivity index (χ0v) is 15.6. The molecule has 0 atom stereocenters. The van der Waals surface area contributed by atoms with Crippen molar-refractivity contribution in [1.29, 1.82) is 0 Å². The van der Waals surface area contributed by atoms with Crippen LogP contribution in [0, 0.1) is 0 Å². The Kier molecular flexibility index (Phi) is 9.00. The van der Waals surface area contributed by atoms with Gasteiger partial charge in [0.25, 0.3) is 0 Å². The molecule has 2 aromatic rings. The Balaban J connectivity index is 0.00000242. The van der Waals surface area contributed by atoms with E-state index in [2.05, 4.69) is 15.6 Å². The third-order valence-corrected chi connectivity index (χ3v) is 3.33. The average molecular weight is 434 g/mol. The molecule has 1 aromatic carbocycles. The maximum absolute atomic E-state index is 6.14. The molecule has 0 radical (unpaired) electrons. The van der Waals surface area contributed by atoms with E-state index in [1.165, 1.54) is 0 Å². The fraction of sp³-hybridized carbons (Fsp3) is 0.312. The molecule has 0 bridgehead atoms. The van der Waals surface area contributed by atoms with Gasteiger partial charge in [0.2, 0.25) is 0 Å². The van der Waals surface area contributed by atoms with Gasteiger partial charge >= 0.3 is 0 Å². The van der Waals surface area contributed by atoms with Crippen LogP contribution in [-0.4, -0.2) is 19.0 Å². The standard InChI is InChI=1S/C16H20ClN3O.HI/c1-2-18-16(20-12-14-7-5-11-21-14)19-10-9-13-6-3-4-8-15(13)17;/h3-8,11H,2,9-10,12H2,1H3,(H2,18,19,20);1H. The fourth-order valence-corrected chi connectivity index (χ4v) is 2.15. The lowest BCUT2D eigenvalue weighted by Gasteiger charge is -2.11. The van der Waals surface area contributed by atoms with Gasteiger partial charge in [-0.05, 0) is 37.1 Å². The molecule has 0 unspecified atom stereocenters. The van der Waals surface area contributed by atoms with Gasteiger partial charge in [0.15, 0.2) is 5.96 Å². The van der Waals surface area contributed by atoms with Crippen LogP contribution in [0.2, 0.25) is 5.02 Å². The van der Waals surface area contributed by atoms with Gasteiger partial charge in [-0.3, -0.25) is 0 Å². The summed E-state index contributed by atoms with van der Waals surface area (Å²) < 4.78 is 5.27. The zero-order valence-electron chi connectivity index (χ0n) is 12.5. The van der Waals surface area contributed by atoms with Crippen LogP contribution in [-0.2, 0) is 13.0 Å². The molecule has 1 aromatic heterocycles. The summed E-state index contributed by atoms with van der Waals surface area (Å²) in [5, 5.41) is 7.31. The number of benzene rings is 1. The molecular formula is C16H21ClIN3O. The molecule has 120 valence electrons. The Morgan fingerprint density at radius 3 is 2.68 bits per heavy atom. The summed E-state index contributed by atoms with van der Waals surface area (Å²) in [5.74, 6) is 1.62. The number of furan rings is 1. The smallest absolute Gasteiger partial charge is 0.191 e. The van der Waals surface area contributed by atoms with E-state index in [0.717, 1.165) is 41.8 Å². The summed E-state index contributed by atoms with van der Waals surface area (Å²) in [5.41, 5.74) is 1.13. The minimum Gasteiger partial charge on any atom is -0.467 e. The number of hydrogen-bond acceptors (Lipinski definition) is 2. The number of halogens is 2. The predicted octanol–water partition coefficient (Wildman–Crippen LogP) is 3.85. The molecule has 0 aliphatic carbocycles. The molecule has 4 nitrogen and oxygen atoms in total. The van der Waals surface area contributed by atoms with Crippen LogP contribution >= 0.6 is 35.6 Å². The van der Waals surface area contributed by atoms with Crippen molar-refractivity contribution in [3.63, 3.8) is 0 Å². The molecule has 2 N–H and O–H groups in total. The predicted molar refractivity (Wildman–Crippen MR) is 102 cm³/mol. The Morgan fingerprint density at radius 2 is 2.00 bits per heavy atom. The van der Waals surface area contributed by atoms with Gasteiger partial charge < -0.3 is 15.1 Å². The van der Waals surface area contributed by atoms with Gasteiger partial charge in [0.1, 0.15) is 12.3 Å². The van der Waals surface area contributed by atoms with Gasteiger partial charge in [-0.15, -0.1) is 24.0 Å². The SMILES string of the molecule is CCNC(=NCc1ccco1)NCCc1ccccc1Cl.I. The van der Waals surface area contributed by atoms with Crippen LogP contribution in [0.3, 0.4) is 0 Å². The molecule has 0 saturated carbocycles. The number of guanidine groups is 1. The minimum atomic E-state index is 0. The molecule has 0 aliphatic heterocycles. The lowest BCUT2D eigenvalue weighted by Crippen LogP contribution is -2.38. The molecule has 0 spiro atoms. The van der Waals surface area contributed by atoms with E-state index < -0.39 is 0 Å². The van der Waals surface area contributed by atoms with E-state index in [1.807, 2.05) is 43.3 Å². The topological polar surface area (TPSA) is 49.6 Å². The summed E-state index contributed by atoms with van der Waals surface area (Å²) >= 11 is 6.14. The van der Waals surface area contributed by atoms with Crippen molar-refractivity contribution in [1.82, 2.24) is 10.6 Å². The van der Waals surface area contributed by atoms with E-state index in [-0.39, 0.29) is 24.0 Å². The first-order valence-electron chi connectivity index (χ1n) is 7.07. The van der Waals surface area contributed by atoms with Gasteiger partial charge in [0, 0.05) is 18.1 Å². The molecule has 0 fully saturated rings. The van der Waals surface area contributed by atoms with Gasteiger partial charge in [-0.25, -0.2) is 4.99 Å². The van der Waals surface area contributed by atoms with Crippen LogP contribution < -0.4 is 10.6 Å². The molecular weight excluding hydrogens is 413 g/mol. The molecule has 0 saturated heterocycles. The Hall–Kier alpha value is -1.21. The van der Waals surface area contributed by atoms with Crippen LogP contribution in [0.5, 0.6) is 0 Å². The first-order chi connectivity index (χ1) is 10.3. The fourth-order valence-electron chi connectivity index (χ4n) is 1.92. The van der Waals surface area contributed by atoms with Gasteiger partial charge in [-0.2, -0.15) is 0 Å². The second-order valence-electron chi connectivity index (χ2n) is 4.54. The van der Waals surface area contributed by atoms with E-state index in [4.69, 9.17) is 16.0 Å². The normalized spacial score (nSPS) is 10.9. The van der Waals surface area contributed by atoms with E-state index in [9.17, 15) is 0 Å². The summed E-state index contributed by atoms with van der Waals surface area (Å²) in [6.07, 6.45) is 2.51. The van der Waals surface area contributed by atoms with Crippen molar-refractivity contribution in [3.05, 3.63) is 59.0 Å². The monoisotopic (exact) mass is 433 g/mol. The molecule has 1 heterocycles. The van der Waals surface area contributed by atoms with Crippen molar-refractivity contribution < 1.29 is 4.42 Å². The third kappa shape index (κ3) is 6.27. The quantitative estimate of drug-likeness (QED) is 0.413. The first-order valence-corrected chi connectivity index (χ1v) is 7.45. The Labute approximate surface area is 153 Å². The zero-order chi connectivity index (χ0) is 14.9. The summed E-state index contributed by atoms with van der Waals surface area (Å²) in [4.78, 5) is 4.48. The van der Waals surface area contributed by atoms with Crippen molar-refractivity contribution in [3.8, 4) is 0 Å². The molecule has 0 aliphatic rings. The summed E-state index contributed by atoms with van der Waals surface area (Å²) in [6, 6.07) is 11.7.